The molecule has 3 atom stereocenters. The van der Waals surface area contributed by atoms with E-state index in [4.69, 9.17) is 9.26 Å². The third-order valence-electron chi connectivity index (χ3n) is 7.13. The van der Waals surface area contributed by atoms with Gasteiger partial charge in [0.05, 0.1) is 19.6 Å². The summed E-state index contributed by atoms with van der Waals surface area (Å²) in [6.07, 6.45) is 2.38. The molecular formula is C40H55F3NO4PS. The zero-order valence-electron chi connectivity index (χ0n) is 31.6. The molecule has 1 aromatic heterocycles. The van der Waals surface area contributed by atoms with E-state index < -0.39 is 43.4 Å². The Morgan fingerprint density at radius 1 is 0.900 bits per heavy atom. The molecule has 276 valence electrons. The number of thiophene rings is 1. The molecule has 1 aliphatic rings. The maximum atomic E-state index is 14.5. The number of nitrogens with zero attached hydrogens (tertiary/aromatic N) is 1. The number of carbonyl (C=O) groups is 2. The van der Waals surface area contributed by atoms with Gasteiger partial charge in [-0.3, -0.25) is 14.5 Å². The summed E-state index contributed by atoms with van der Waals surface area (Å²) < 4.78 is 54.8. The van der Waals surface area contributed by atoms with Crippen molar-refractivity contribution in [2.75, 3.05) is 26.9 Å². The highest BCUT2D eigenvalue weighted by molar-refractivity contribution is 7.51. The van der Waals surface area contributed by atoms with Crippen molar-refractivity contribution in [3.8, 4) is 5.75 Å². The third kappa shape index (κ3) is 13.5. The van der Waals surface area contributed by atoms with Gasteiger partial charge >= 0.3 is 5.97 Å². The Balaban J connectivity index is 0.000000613. The van der Waals surface area contributed by atoms with Gasteiger partial charge < -0.3 is 9.26 Å². The van der Waals surface area contributed by atoms with Crippen LogP contribution in [0, 0.1) is 31.3 Å². The standard InChI is InChI=1S/C26H22F3O2PS.C7H13NO2.C3H8.2C2H6/c1-15-16(2)25(28)26(29)20(24(15)27)13-21(30)23-12-18-11-17(9-10-22(18)33-23)14-32(3)31-19-7-5-4-6-8-19;1-3-4-10-7(9)6-5-8(6)2;1-3-2;2*1-2/h4-12H,13-14H2,1-3H3;6H,3-5H2,1-2H3;3H2,1-2H3;2*1-2H3. The van der Waals surface area contributed by atoms with E-state index in [0.717, 1.165) is 40.5 Å². The van der Waals surface area contributed by atoms with Gasteiger partial charge in [0, 0.05) is 29.4 Å². The second-order valence-electron chi connectivity index (χ2n) is 11.3. The van der Waals surface area contributed by atoms with Crippen molar-refractivity contribution in [3.05, 3.63) is 99.2 Å². The fourth-order valence-corrected chi connectivity index (χ4v) is 6.65. The number of benzene rings is 3. The maximum Gasteiger partial charge on any atom is 0.324 e. The van der Waals surface area contributed by atoms with Crippen molar-refractivity contribution >= 4 is 41.3 Å². The summed E-state index contributed by atoms with van der Waals surface area (Å²) in [7, 11) is 1.19. The number of ketones is 1. The van der Waals surface area contributed by atoms with E-state index in [9.17, 15) is 22.8 Å². The molecule has 5 nitrogen and oxygen atoms in total. The Hall–Kier alpha value is -3.26. The number of para-hydroxylation sites is 1. The van der Waals surface area contributed by atoms with Crippen molar-refractivity contribution in [2.45, 2.75) is 93.8 Å². The van der Waals surface area contributed by atoms with Crippen LogP contribution in [0.5, 0.6) is 5.75 Å². The molecule has 2 heterocycles. The second-order valence-corrected chi connectivity index (χ2v) is 14.1. The predicted molar refractivity (Wildman–Crippen MR) is 206 cm³/mol. The van der Waals surface area contributed by atoms with E-state index in [1.54, 1.807) is 6.07 Å². The summed E-state index contributed by atoms with van der Waals surface area (Å²) in [4.78, 5) is 26.1. The van der Waals surface area contributed by atoms with Crippen LogP contribution in [0.2, 0.25) is 0 Å². The summed E-state index contributed by atoms with van der Waals surface area (Å²) in [5.74, 6) is -2.93. The van der Waals surface area contributed by atoms with Crippen LogP contribution in [0.1, 0.15) is 93.2 Å². The van der Waals surface area contributed by atoms with Gasteiger partial charge in [-0.2, -0.15) is 0 Å². The first-order valence-electron chi connectivity index (χ1n) is 17.4. The first-order valence-corrected chi connectivity index (χ1v) is 20.1. The number of likely N-dealkylation sites (N-methyl/N-ethyl adjacent to an activating group) is 1. The molecule has 0 amide bonds. The van der Waals surface area contributed by atoms with Crippen LogP contribution in [0.4, 0.5) is 13.2 Å². The molecule has 0 radical (unpaired) electrons. The van der Waals surface area contributed by atoms with Crippen LogP contribution >= 0.6 is 19.5 Å². The van der Waals surface area contributed by atoms with Crippen LogP contribution in [-0.4, -0.2) is 49.6 Å². The molecule has 0 spiro atoms. The molecule has 1 saturated heterocycles. The average molecular weight is 734 g/mol. The molecule has 3 aromatic carbocycles. The van der Waals surface area contributed by atoms with Crippen LogP contribution in [-0.2, 0) is 22.1 Å². The first-order chi connectivity index (χ1) is 23.9. The van der Waals surface area contributed by atoms with Crippen LogP contribution in [0.3, 0.4) is 0 Å². The zero-order valence-corrected chi connectivity index (χ0v) is 33.3. The van der Waals surface area contributed by atoms with Crippen molar-refractivity contribution in [1.82, 2.24) is 4.90 Å². The minimum atomic E-state index is -1.29. The SMILES string of the molecule is CC.CC.CCC.CCCOC(=O)C1CN1C.Cc1c(C)c(F)c(CC(=O)c2cc3cc(CP(C)Oc4ccccc4)ccc3s2)c(F)c1F. The first kappa shape index (κ1) is 44.8. The lowest BCUT2D eigenvalue weighted by atomic mass is 9.99. The Labute approximate surface area is 303 Å². The Kier molecular flexibility index (Phi) is 20.8. The van der Waals surface area contributed by atoms with E-state index in [1.807, 2.05) is 95.1 Å². The number of hydrogen-bond donors (Lipinski definition) is 0. The molecule has 0 N–H and O–H groups in total. The molecule has 0 aliphatic carbocycles. The smallest absolute Gasteiger partial charge is 0.324 e. The monoisotopic (exact) mass is 733 g/mol. The van der Waals surface area contributed by atoms with Crippen LogP contribution in [0.15, 0.2) is 54.6 Å². The number of fused-ring (bicyclic) bond motifs is 1. The van der Waals surface area contributed by atoms with Crippen LogP contribution < -0.4 is 4.52 Å². The number of halogens is 3. The van der Waals surface area contributed by atoms with E-state index in [1.165, 1.54) is 31.6 Å². The minimum absolute atomic E-state index is 0.0199. The summed E-state index contributed by atoms with van der Waals surface area (Å²) in [6.45, 7) is 20.4. The Morgan fingerprint density at radius 3 is 2.04 bits per heavy atom. The van der Waals surface area contributed by atoms with Gasteiger partial charge in [-0.05, 0) is 86.4 Å². The molecule has 3 unspecified atom stereocenters. The van der Waals surface area contributed by atoms with E-state index in [2.05, 4.69) is 20.5 Å². The molecule has 4 aromatic rings. The highest BCUT2D eigenvalue weighted by atomic mass is 32.1. The van der Waals surface area contributed by atoms with Crippen molar-refractivity contribution in [3.63, 3.8) is 0 Å². The van der Waals surface area contributed by atoms with Gasteiger partial charge in [-0.15, -0.1) is 11.3 Å². The second kappa shape index (κ2) is 23.3. The number of esters is 1. The van der Waals surface area contributed by atoms with Gasteiger partial charge in [0.2, 0.25) is 0 Å². The van der Waals surface area contributed by atoms with Gasteiger partial charge in [0.15, 0.2) is 17.4 Å². The Morgan fingerprint density at radius 2 is 1.48 bits per heavy atom. The van der Waals surface area contributed by atoms with Gasteiger partial charge in [0.1, 0.15) is 17.6 Å². The number of carbonyl (C=O) groups excluding carboxylic acids is 2. The normalized spacial score (nSPS) is 14.6. The predicted octanol–water partition coefficient (Wildman–Crippen LogP) is 11.7. The van der Waals surface area contributed by atoms with Gasteiger partial charge in [-0.1, -0.05) is 79.2 Å². The molecule has 1 aliphatic heterocycles. The van der Waals surface area contributed by atoms with Crippen molar-refractivity contribution in [1.29, 1.82) is 0 Å². The zero-order chi connectivity index (χ0) is 38.0. The van der Waals surface area contributed by atoms with Crippen molar-refractivity contribution in [2.24, 2.45) is 0 Å². The summed E-state index contributed by atoms with van der Waals surface area (Å²) >= 11 is 1.26. The average Bonchev–Trinajstić information content (AvgIpc) is 3.71. The van der Waals surface area contributed by atoms with Gasteiger partial charge in [0.25, 0.3) is 0 Å². The van der Waals surface area contributed by atoms with E-state index in [-0.39, 0.29) is 23.1 Å². The van der Waals surface area contributed by atoms with E-state index >= 15 is 0 Å². The third-order valence-corrected chi connectivity index (χ3v) is 9.62. The lowest BCUT2D eigenvalue weighted by molar-refractivity contribution is -0.143. The quantitative estimate of drug-likeness (QED) is 0.0534. The minimum Gasteiger partial charge on any atom is -0.474 e. The highest BCUT2D eigenvalue weighted by Gasteiger charge is 2.38. The van der Waals surface area contributed by atoms with E-state index in [0.29, 0.717) is 11.5 Å². The molecule has 50 heavy (non-hydrogen) atoms. The lowest BCUT2D eigenvalue weighted by Crippen LogP contribution is -2.14. The fourth-order valence-electron chi connectivity index (χ4n) is 4.41. The molecule has 0 bridgehead atoms. The van der Waals surface area contributed by atoms with Crippen molar-refractivity contribution < 1.29 is 32.0 Å². The molecule has 0 saturated carbocycles. The topological polar surface area (TPSA) is 55.6 Å². The summed E-state index contributed by atoms with van der Waals surface area (Å²) in [6, 6.07) is 17.4. The summed E-state index contributed by atoms with van der Waals surface area (Å²) in [5.41, 5.74) is 0.500. The van der Waals surface area contributed by atoms with Gasteiger partial charge in [-0.25, -0.2) is 13.2 Å². The molecular weight excluding hydrogens is 678 g/mol. The highest BCUT2D eigenvalue weighted by Crippen LogP contribution is 2.39. The number of Topliss-reactive ketones (excluding diaryl/α,β-unsaturated/α-hetero) is 1. The number of ether oxygens (including phenoxy) is 1. The molecule has 1 fully saturated rings. The number of rotatable bonds is 10. The largest absolute Gasteiger partial charge is 0.474 e. The molecule has 5 rings (SSSR count). The summed E-state index contributed by atoms with van der Waals surface area (Å²) in [5, 5.41) is 0.885. The van der Waals surface area contributed by atoms with Crippen LogP contribution in [0.25, 0.3) is 10.1 Å². The number of hydrogen-bond acceptors (Lipinski definition) is 6. The maximum absolute atomic E-state index is 14.5. The fraction of sp³-hybridized carbons (Fsp3) is 0.450. The molecule has 10 heteroatoms. The Bertz CT molecular complexity index is 1600. The lowest BCUT2D eigenvalue weighted by Gasteiger charge is -2.14.